The molecule has 2 rings (SSSR count). The molecule has 0 aromatic carbocycles. The van der Waals surface area contributed by atoms with Crippen LogP contribution in [0.1, 0.15) is 44.6 Å². The molecule has 1 amide bonds. The van der Waals surface area contributed by atoms with Crippen molar-refractivity contribution in [2.45, 2.75) is 40.7 Å². The molecule has 8 heteroatoms. The van der Waals surface area contributed by atoms with Crippen molar-refractivity contribution in [2.75, 3.05) is 38.0 Å². The van der Waals surface area contributed by atoms with E-state index in [0.29, 0.717) is 42.8 Å². The predicted octanol–water partition coefficient (Wildman–Crippen LogP) is 3.83. The number of amides is 1. The molecule has 30 heavy (non-hydrogen) atoms. The van der Waals surface area contributed by atoms with Crippen molar-refractivity contribution in [3.8, 4) is 0 Å². The Labute approximate surface area is 177 Å². The molecule has 0 spiro atoms. The second kappa shape index (κ2) is 10.8. The lowest BCUT2D eigenvalue weighted by Crippen LogP contribution is -2.19. The van der Waals surface area contributed by atoms with Gasteiger partial charge in [-0.25, -0.2) is 9.78 Å². The molecule has 0 saturated carbocycles. The molecule has 8 nitrogen and oxygen atoms in total. The van der Waals surface area contributed by atoms with Crippen molar-refractivity contribution in [1.82, 2.24) is 9.55 Å². The first-order valence-electron chi connectivity index (χ1n) is 10.1. The van der Waals surface area contributed by atoms with Crippen LogP contribution in [0.25, 0.3) is 11.0 Å². The third kappa shape index (κ3) is 5.60. The number of nitrogens with one attached hydrogen (secondary N) is 2. The highest BCUT2D eigenvalue weighted by Gasteiger charge is 2.26. The zero-order valence-corrected chi connectivity index (χ0v) is 18.7. The molecule has 2 aromatic heterocycles. The minimum absolute atomic E-state index is 0.163. The maximum atomic E-state index is 12.6. The summed E-state index contributed by atoms with van der Waals surface area (Å²) < 4.78 is 11.9. The van der Waals surface area contributed by atoms with Crippen molar-refractivity contribution in [3.63, 3.8) is 0 Å². The Morgan fingerprint density at radius 1 is 1.30 bits per heavy atom. The van der Waals surface area contributed by atoms with Gasteiger partial charge < -0.3 is 24.7 Å². The van der Waals surface area contributed by atoms with Gasteiger partial charge in [-0.1, -0.05) is 25.5 Å². The van der Waals surface area contributed by atoms with E-state index in [1.165, 1.54) is 12.7 Å². The summed E-state index contributed by atoms with van der Waals surface area (Å²) in [7, 11) is 2.91. The van der Waals surface area contributed by atoms with Gasteiger partial charge in [-0.2, -0.15) is 0 Å². The monoisotopic (exact) mass is 416 g/mol. The number of aromatic nitrogens is 2. The summed E-state index contributed by atoms with van der Waals surface area (Å²) in [6, 6.07) is 1.89. The number of allylic oxidation sites excluding steroid dienone is 1. The van der Waals surface area contributed by atoms with E-state index in [1.807, 2.05) is 39.8 Å². The van der Waals surface area contributed by atoms with Crippen LogP contribution >= 0.6 is 0 Å². The summed E-state index contributed by atoms with van der Waals surface area (Å²) in [5, 5.41) is 6.91. The van der Waals surface area contributed by atoms with E-state index < -0.39 is 5.97 Å². The first kappa shape index (κ1) is 23.4. The summed E-state index contributed by atoms with van der Waals surface area (Å²) in [6.45, 7) is 9.41. The molecule has 2 N–H and O–H groups in total. The fraction of sp³-hybridized carbons (Fsp3) is 0.500. The number of esters is 1. The van der Waals surface area contributed by atoms with Gasteiger partial charge in [-0.15, -0.1) is 0 Å². The summed E-state index contributed by atoms with van der Waals surface area (Å²) in [5.74, 6) is -0.514. The number of anilines is 2. The molecule has 0 bridgehead atoms. The second-order valence-corrected chi connectivity index (χ2v) is 7.59. The largest absolute Gasteiger partial charge is 0.464 e. The van der Waals surface area contributed by atoms with Crippen molar-refractivity contribution in [3.05, 3.63) is 29.6 Å². The number of ether oxygens (including phenoxy) is 2. The van der Waals surface area contributed by atoms with E-state index in [4.69, 9.17) is 9.47 Å². The molecule has 0 unspecified atom stereocenters. The standard InChI is InChI=1S/C22H32N4O4/c1-7-15(4)12-23-16-11-17-19(25-18(27)10-14(2)3)20(22(28)30-6)26(8-9-29-5)21(17)24-13-16/h7,11,13-14,23H,8-10,12H2,1-6H3,(H,25,27). The molecule has 0 aliphatic heterocycles. The zero-order chi connectivity index (χ0) is 22.3. The van der Waals surface area contributed by atoms with Crippen LogP contribution in [0.5, 0.6) is 0 Å². The highest BCUT2D eigenvalue weighted by atomic mass is 16.5. The molecule has 0 aliphatic carbocycles. The number of methoxy groups -OCH3 is 2. The highest BCUT2D eigenvalue weighted by Crippen LogP contribution is 2.33. The molecular weight excluding hydrogens is 384 g/mol. The number of carbonyl (C=O) groups is 2. The quantitative estimate of drug-likeness (QED) is 0.451. The minimum Gasteiger partial charge on any atom is -0.464 e. The van der Waals surface area contributed by atoms with Crippen LogP contribution in [0.15, 0.2) is 23.9 Å². The van der Waals surface area contributed by atoms with E-state index in [1.54, 1.807) is 17.9 Å². The summed E-state index contributed by atoms with van der Waals surface area (Å²) in [5.41, 5.74) is 3.24. The molecule has 0 radical (unpaired) electrons. The van der Waals surface area contributed by atoms with Crippen LogP contribution in [0.2, 0.25) is 0 Å². The highest BCUT2D eigenvalue weighted by molar-refractivity contribution is 6.11. The molecule has 0 saturated heterocycles. The number of carbonyl (C=O) groups excluding carboxylic acids is 2. The molecule has 0 atom stereocenters. The zero-order valence-electron chi connectivity index (χ0n) is 18.7. The van der Waals surface area contributed by atoms with Gasteiger partial charge >= 0.3 is 5.97 Å². The first-order valence-corrected chi connectivity index (χ1v) is 10.1. The van der Waals surface area contributed by atoms with Crippen LogP contribution in [0.4, 0.5) is 11.4 Å². The van der Waals surface area contributed by atoms with E-state index in [0.717, 1.165) is 5.69 Å². The third-order valence-electron chi connectivity index (χ3n) is 4.72. The van der Waals surface area contributed by atoms with Crippen molar-refractivity contribution >= 4 is 34.3 Å². The van der Waals surface area contributed by atoms with E-state index >= 15 is 0 Å². The van der Waals surface area contributed by atoms with Crippen LogP contribution in [0, 0.1) is 5.92 Å². The van der Waals surface area contributed by atoms with Crippen LogP contribution in [0.3, 0.4) is 0 Å². The van der Waals surface area contributed by atoms with Gasteiger partial charge in [0.1, 0.15) is 5.65 Å². The number of hydrogen-bond donors (Lipinski definition) is 2. The topological polar surface area (TPSA) is 94.5 Å². The minimum atomic E-state index is -0.539. The van der Waals surface area contributed by atoms with Crippen molar-refractivity contribution in [1.29, 1.82) is 0 Å². The van der Waals surface area contributed by atoms with Gasteiger partial charge in [0, 0.05) is 32.0 Å². The molecule has 2 aromatic rings. The Morgan fingerprint density at radius 2 is 2.03 bits per heavy atom. The van der Waals surface area contributed by atoms with Gasteiger partial charge in [0.25, 0.3) is 0 Å². The van der Waals surface area contributed by atoms with Gasteiger partial charge in [0.05, 0.1) is 31.3 Å². The number of fused-ring (bicyclic) bond motifs is 1. The molecule has 164 valence electrons. The van der Waals surface area contributed by atoms with Crippen LogP contribution < -0.4 is 10.6 Å². The average molecular weight is 417 g/mol. The fourth-order valence-electron chi connectivity index (χ4n) is 3.06. The van der Waals surface area contributed by atoms with Crippen LogP contribution in [-0.4, -0.2) is 48.8 Å². The Morgan fingerprint density at radius 3 is 2.63 bits per heavy atom. The average Bonchev–Trinajstić information content (AvgIpc) is 3.01. The number of hydrogen-bond acceptors (Lipinski definition) is 6. The molecule has 0 aliphatic rings. The Kier molecular flexibility index (Phi) is 8.41. The van der Waals surface area contributed by atoms with Gasteiger partial charge in [0.2, 0.25) is 5.91 Å². The lowest BCUT2D eigenvalue weighted by molar-refractivity contribution is -0.116. The number of nitrogens with zero attached hydrogens (tertiary/aromatic N) is 2. The smallest absolute Gasteiger partial charge is 0.356 e. The fourth-order valence-corrected chi connectivity index (χ4v) is 3.06. The second-order valence-electron chi connectivity index (χ2n) is 7.59. The van der Waals surface area contributed by atoms with Gasteiger partial charge in [-0.3, -0.25) is 4.79 Å². The normalized spacial score (nSPS) is 11.8. The third-order valence-corrected chi connectivity index (χ3v) is 4.72. The predicted molar refractivity (Wildman–Crippen MR) is 119 cm³/mol. The summed E-state index contributed by atoms with van der Waals surface area (Å²) in [6.07, 6.45) is 4.10. The summed E-state index contributed by atoms with van der Waals surface area (Å²) in [4.78, 5) is 29.8. The number of rotatable bonds is 10. The van der Waals surface area contributed by atoms with Gasteiger partial charge in [0.15, 0.2) is 5.69 Å². The summed E-state index contributed by atoms with van der Waals surface area (Å²) >= 11 is 0. The van der Waals surface area contributed by atoms with E-state index in [-0.39, 0.29) is 17.5 Å². The Hall–Kier alpha value is -2.87. The van der Waals surface area contributed by atoms with E-state index in [9.17, 15) is 9.59 Å². The van der Waals surface area contributed by atoms with Crippen molar-refractivity contribution in [2.24, 2.45) is 5.92 Å². The molecular formula is C22H32N4O4. The lowest BCUT2D eigenvalue weighted by atomic mass is 10.1. The SMILES string of the molecule is CC=C(C)CNc1cnc2c(c1)c(NC(=O)CC(C)C)c(C(=O)OC)n2CCOC. The maximum Gasteiger partial charge on any atom is 0.356 e. The molecule has 0 fully saturated rings. The van der Waals surface area contributed by atoms with Crippen LogP contribution in [-0.2, 0) is 20.8 Å². The van der Waals surface area contributed by atoms with E-state index in [2.05, 4.69) is 15.6 Å². The van der Waals surface area contributed by atoms with Crippen molar-refractivity contribution < 1.29 is 19.1 Å². The Balaban J connectivity index is 2.61. The maximum absolute atomic E-state index is 12.6. The Bertz CT molecular complexity index is 931. The first-order chi connectivity index (χ1) is 14.3. The lowest BCUT2D eigenvalue weighted by Gasteiger charge is -2.11. The molecule has 2 heterocycles. The number of pyridine rings is 1. The van der Waals surface area contributed by atoms with Gasteiger partial charge in [-0.05, 0) is 25.8 Å².